The van der Waals surface area contributed by atoms with Crippen molar-refractivity contribution in [3.8, 4) is 17.1 Å². The second-order valence-corrected chi connectivity index (χ2v) is 4.35. The normalized spacial score (nSPS) is 10.5. The first-order chi connectivity index (χ1) is 10.3. The Hall–Kier alpha value is -2.89. The summed E-state index contributed by atoms with van der Waals surface area (Å²) in [6.45, 7) is -0.123. The molecule has 6 heteroatoms. The van der Waals surface area contributed by atoms with Gasteiger partial charge in [-0.3, -0.25) is 0 Å². The first-order valence-corrected chi connectivity index (χ1v) is 6.37. The molecule has 0 saturated heterocycles. The van der Waals surface area contributed by atoms with Crippen molar-refractivity contribution in [3.05, 3.63) is 42.6 Å². The van der Waals surface area contributed by atoms with Crippen LogP contribution in [0.2, 0.25) is 0 Å². The van der Waals surface area contributed by atoms with Crippen LogP contribution in [-0.4, -0.2) is 34.6 Å². The minimum absolute atomic E-state index is 0.123. The van der Waals surface area contributed by atoms with E-state index in [0.717, 1.165) is 11.1 Å². The Labute approximate surface area is 120 Å². The number of aromatic amines is 1. The van der Waals surface area contributed by atoms with Crippen molar-refractivity contribution < 1.29 is 14.3 Å². The van der Waals surface area contributed by atoms with E-state index in [9.17, 15) is 4.79 Å². The number of rotatable bonds is 4. The molecule has 0 radical (unpaired) electrons. The van der Waals surface area contributed by atoms with Crippen LogP contribution in [-0.2, 0) is 9.53 Å². The van der Waals surface area contributed by atoms with Crippen LogP contribution in [0.1, 0.15) is 0 Å². The minimum atomic E-state index is -0.423. The maximum atomic E-state index is 11.1. The van der Waals surface area contributed by atoms with Crippen LogP contribution in [0.15, 0.2) is 42.6 Å². The Bertz CT molecular complexity index is 749. The molecule has 0 saturated carbocycles. The number of fused-ring (bicyclic) bond motifs is 1. The van der Waals surface area contributed by atoms with Gasteiger partial charge in [0.25, 0.3) is 0 Å². The van der Waals surface area contributed by atoms with Gasteiger partial charge in [-0.1, -0.05) is 12.1 Å². The highest BCUT2D eigenvalue weighted by atomic mass is 16.6. The van der Waals surface area contributed by atoms with Crippen molar-refractivity contribution in [2.75, 3.05) is 13.7 Å². The molecular weight excluding hydrogens is 270 g/mol. The molecule has 106 valence electrons. The van der Waals surface area contributed by atoms with Gasteiger partial charge in [-0.25, -0.2) is 14.8 Å². The van der Waals surface area contributed by atoms with Crippen LogP contribution in [0.25, 0.3) is 22.6 Å². The molecule has 3 rings (SSSR count). The van der Waals surface area contributed by atoms with Gasteiger partial charge in [-0.2, -0.15) is 0 Å². The maximum absolute atomic E-state index is 11.1. The third kappa shape index (κ3) is 2.84. The number of nitrogens with one attached hydrogen (secondary N) is 1. The first kappa shape index (κ1) is 13.1. The molecule has 0 aliphatic heterocycles. The molecule has 0 amide bonds. The molecule has 0 fully saturated rings. The van der Waals surface area contributed by atoms with Crippen molar-refractivity contribution in [3.63, 3.8) is 0 Å². The second-order valence-electron chi connectivity index (χ2n) is 4.35. The summed E-state index contributed by atoms with van der Waals surface area (Å²) < 4.78 is 9.90. The van der Waals surface area contributed by atoms with Crippen LogP contribution in [0.3, 0.4) is 0 Å². The summed E-state index contributed by atoms with van der Waals surface area (Å²) in [4.78, 5) is 22.9. The topological polar surface area (TPSA) is 77.1 Å². The van der Waals surface area contributed by atoms with Gasteiger partial charge in [-0.15, -0.1) is 0 Å². The Balaban J connectivity index is 1.86. The third-order valence-corrected chi connectivity index (χ3v) is 2.95. The lowest BCUT2D eigenvalue weighted by molar-refractivity contribution is -0.142. The quantitative estimate of drug-likeness (QED) is 0.742. The number of carbonyl (C=O) groups excluding carboxylic acids is 1. The number of carbonyl (C=O) groups is 1. The second kappa shape index (κ2) is 5.62. The number of methoxy groups -OCH3 is 1. The Morgan fingerprint density at radius 3 is 3.00 bits per heavy atom. The fraction of sp³-hybridized carbons (Fsp3) is 0.133. The maximum Gasteiger partial charge on any atom is 0.343 e. The van der Waals surface area contributed by atoms with E-state index < -0.39 is 5.97 Å². The number of aromatic nitrogens is 3. The van der Waals surface area contributed by atoms with E-state index in [4.69, 9.17) is 4.74 Å². The number of pyridine rings is 1. The van der Waals surface area contributed by atoms with Crippen LogP contribution in [0.5, 0.6) is 5.75 Å². The highest BCUT2D eigenvalue weighted by molar-refractivity contribution is 5.76. The van der Waals surface area contributed by atoms with E-state index in [-0.39, 0.29) is 6.61 Å². The molecule has 0 spiro atoms. The molecule has 1 aromatic carbocycles. The Kier molecular flexibility index (Phi) is 3.51. The standard InChI is InChI=1S/C15H13N3O3/c1-20-13(19)9-21-11-5-2-4-10(8-11)14-17-12-6-3-7-16-15(12)18-14/h2-8H,9H2,1H3,(H,16,17,18). The number of H-pyrrole nitrogens is 1. The lowest BCUT2D eigenvalue weighted by atomic mass is 10.2. The van der Waals surface area contributed by atoms with Crippen LogP contribution in [0, 0.1) is 0 Å². The summed E-state index contributed by atoms with van der Waals surface area (Å²) in [6, 6.07) is 11.1. The molecule has 3 aromatic rings. The summed E-state index contributed by atoms with van der Waals surface area (Å²) >= 11 is 0. The average Bonchev–Trinajstić information content (AvgIpc) is 2.97. The molecule has 0 unspecified atom stereocenters. The zero-order valence-corrected chi connectivity index (χ0v) is 11.4. The SMILES string of the molecule is COC(=O)COc1cccc(-c2nc3ncccc3[nH]2)c1. The van der Waals surface area contributed by atoms with Crippen molar-refractivity contribution in [1.29, 1.82) is 0 Å². The molecule has 2 heterocycles. The van der Waals surface area contributed by atoms with E-state index >= 15 is 0 Å². The van der Waals surface area contributed by atoms with Crippen LogP contribution >= 0.6 is 0 Å². The van der Waals surface area contributed by atoms with Crippen molar-refractivity contribution in [1.82, 2.24) is 15.0 Å². The van der Waals surface area contributed by atoms with E-state index in [2.05, 4.69) is 19.7 Å². The van der Waals surface area contributed by atoms with Crippen molar-refractivity contribution in [2.45, 2.75) is 0 Å². The molecule has 0 aliphatic rings. The van der Waals surface area contributed by atoms with Gasteiger partial charge in [0.15, 0.2) is 12.3 Å². The van der Waals surface area contributed by atoms with Crippen molar-refractivity contribution in [2.24, 2.45) is 0 Å². The van der Waals surface area contributed by atoms with Gasteiger partial charge in [0.05, 0.1) is 12.6 Å². The zero-order chi connectivity index (χ0) is 14.7. The minimum Gasteiger partial charge on any atom is -0.482 e. The van der Waals surface area contributed by atoms with Gasteiger partial charge in [0.1, 0.15) is 11.6 Å². The third-order valence-electron chi connectivity index (χ3n) is 2.95. The number of ether oxygens (including phenoxy) is 2. The average molecular weight is 283 g/mol. The molecule has 2 aromatic heterocycles. The van der Waals surface area contributed by atoms with E-state index in [1.165, 1.54) is 7.11 Å². The van der Waals surface area contributed by atoms with Crippen molar-refractivity contribution >= 4 is 17.1 Å². The number of hydrogen-bond acceptors (Lipinski definition) is 5. The van der Waals surface area contributed by atoms with Gasteiger partial charge in [0.2, 0.25) is 0 Å². The number of benzene rings is 1. The number of imidazole rings is 1. The Morgan fingerprint density at radius 1 is 1.29 bits per heavy atom. The lowest BCUT2D eigenvalue weighted by Crippen LogP contribution is -2.12. The highest BCUT2D eigenvalue weighted by Crippen LogP contribution is 2.23. The van der Waals surface area contributed by atoms with E-state index in [1.807, 2.05) is 24.3 Å². The summed E-state index contributed by atoms with van der Waals surface area (Å²) in [7, 11) is 1.32. The monoisotopic (exact) mass is 283 g/mol. The first-order valence-electron chi connectivity index (χ1n) is 6.37. The Morgan fingerprint density at radius 2 is 2.19 bits per heavy atom. The molecular formula is C15H13N3O3. The zero-order valence-electron chi connectivity index (χ0n) is 11.4. The largest absolute Gasteiger partial charge is 0.482 e. The van der Waals surface area contributed by atoms with Crippen LogP contribution < -0.4 is 4.74 Å². The molecule has 1 N–H and O–H groups in total. The van der Waals surface area contributed by atoms with Crippen LogP contribution in [0.4, 0.5) is 0 Å². The van der Waals surface area contributed by atoms with E-state index in [0.29, 0.717) is 17.2 Å². The summed E-state index contributed by atoms with van der Waals surface area (Å²) in [5.41, 5.74) is 2.39. The fourth-order valence-electron chi connectivity index (χ4n) is 1.92. The molecule has 0 aliphatic carbocycles. The predicted molar refractivity (Wildman–Crippen MR) is 76.8 cm³/mol. The smallest absolute Gasteiger partial charge is 0.343 e. The molecule has 6 nitrogen and oxygen atoms in total. The van der Waals surface area contributed by atoms with Gasteiger partial charge in [-0.05, 0) is 24.3 Å². The predicted octanol–water partition coefficient (Wildman–Crippen LogP) is 2.18. The van der Waals surface area contributed by atoms with Gasteiger partial charge >= 0.3 is 5.97 Å². The number of hydrogen-bond donors (Lipinski definition) is 1. The summed E-state index contributed by atoms with van der Waals surface area (Å²) in [6.07, 6.45) is 1.70. The van der Waals surface area contributed by atoms with E-state index in [1.54, 1.807) is 18.3 Å². The van der Waals surface area contributed by atoms with Gasteiger partial charge in [0, 0.05) is 11.8 Å². The number of nitrogens with zero attached hydrogens (tertiary/aromatic N) is 2. The fourth-order valence-corrected chi connectivity index (χ4v) is 1.92. The lowest BCUT2D eigenvalue weighted by Gasteiger charge is -2.05. The number of esters is 1. The summed E-state index contributed by atoms with van der Waals surface area (Å²) in [5, 5.41) is 0. The molecule has 0 atom stereocenters. The molecule has 0 bridgehead atoms. The van der Waals surface area contributed by atoms with Gasteiger partial charge < -0.3 is 14.5 Å². The summed E-state index contributed by atoms with van der Waals surface area (Å²) in [5.74, 6) is 0.854. The highest BCUT2D eigenvalue weighted by Gasteiger charge is 2.07. The molecule has 21 heavy (non-hydrogen) atoms.